The van der Waals surface area contributed by atoms with E-state index in [4.69, 9.17) is 0 Å². The van der Waals surface area contributed by atoms with E-state index in [9.17, 15) is 5.11 Å². The van der Waals surface area contributed by atoms with Crippen LogP contribution in [0.5, 0.6) is 0 Å². The van der Waals surface area contributed by atoms with Crippen LogP contribution >= 0.6 is 15.9 Å². The van der Waals surface area contributed by atoms with Gasteiger partial charge in [-0.2, -0.15) is 0 Å². The van der Waals surface area contributed by atoms with E-state index in [0.717, 1.165) is 21.4 Å². The second kappa shape index (κ2) is 5.76. The molecule has 0 spiro atoms. The number of hydrogen-bond donors (Lipinski definition) is 1. The van der Waals surface area contributed by atoms with E-state index in [1.807, 2.05) is 37.4 Å². The normalized spacial score (nSPS) is 12.3. The van der Waals surface area contributed by atoms with Gasteiger partial charge in [0.2, 0.25) is 0 Å². The summed E-state index contributed by atoms with van der Waals surface area (Å²) in [6.45, 7) is 3.88. The lowest BCUT2D eigenvalue weighted by Crippen LogP contribution is -2.14. The van der Waals surface area contributed by atoms with Crippen LogP contribution in [0.4, 0.5) is 11.4 Å². The minimum absolute atomic E-state index is 0.501. The van der Waals surface area contributed by atoms with Crippen LogP contribution in [0.2, 0.25) is 0 Å². The maximum absolute atomic E-state index is 9.95. The number of rotatable bonds is 3. The number of aliphatic hydroxyl groups is 1. The summed E-state index contributed by atoms with van der Waals surface area (Å²) < 4.78 is 0.977. The second-order valence-corrected chi connectivity index (χ2v) is 5.64. The summed E-state index contributed by atoms with van der Waals surface area (Å²) in [5, 5.41) is 9.95. The molecule has 0 aromatic heterocycles. The zero-order valence-corrected chi connectivity index (χ0v) is 13.0. The highest BCUT2D eigenvalue weighted by atomic mass is 79.9. The van der Waals surface area contributed by atoms with Crippen molar-refractivity contribution in [2.45, 2.75) is 20.0 Å². The average Bonchev–Trinajstić information content (AvgIpc) is 2.38. The highest BCUT2D eigenvalue weighted by Crippen LogP contribution is 2.34. The van der Waals surface area contributed by atoms with E-state index in [0.29, 0.717) is 0 Å². The van der Waals surface area contributed by atoms with Crippen molar-refractivity contribution in [3.05, 3.63) is 58.1 Å². The van der Waals surface area contributed by atoms with Crippen molar-refractivity contribution in [3.63, 3.8) is 0 Å². The molecule has 0 radical (unpaired) electrons. The molecule has 0 saturated heterocycles. The Balaban J connectivity index is 2.50. The molecule has 2 rings (SSSR count). The lowest BCUT2D eigenvalue weighted by Gasteiger charge is -2.25. The summed E-state index contributed by atoms with van der Waals surface area (Å²) in [5.74, 6) is 0. The van der Waals surface area contributed by atoms with E-state index in [2.05, 4.69) is 39.9 Å². The number of nitrogens with zero attached hydrogens (tertiary/aromatic N) is 1. The van der Waals surface area contributed by atoms with Gasteiger partial charge in [0.25, 0.3) is 0 Å². The maximum atomic E-state index is 9.95. The molecule has 100 valence electrons. The molecule has 2 aromatic carbocycles. The number of halogens is 1. The van der Waals surface area contributed by atoms with Crippen molar-refractivity contribution in [1.82, 2.24) is 0 Å². The standard InChI is InChI=1S/C16H18BrNO/c1-11-6-4-5-7-15(11)18(3)16-9-8-13(17)10-14(16)12(2)19/h4-10,12,19H,1-3H3. The Hall–Kier alpha value is -1.32. The molecule has 0 aliphatic rings. The fourth-order valence-corrected chi connectivity index (χ4v) is 2.61. The Bertz CT molecular complexity index is 581. The van der Waals surface area contributed by atoms with Gasteiger partial charge in [0.1, 0.15) is 0 Å². The second-order valence-electron chi connectivity index (χ2n) is 4.72. The zero-order chi connectivity index (χ0) is 14.0. The Morgan fingerprint density at radius 3 is 2.42 bits per heavy atom. The minimum Gasteiger partial charge on any atom is -0.389 e. The third-order valence-electron chi connectivity index (χ3n) is 3.28. The Labute approximate surface area is 122 Å². The molecule has 0 fully saturated rings. The van der Waals surface area contributed by atoms with Crippen LogP contribution in [0.25, 0.3) is 0 Å². The third-order valence-corrected chi connectivity index (χ3v) is 3.77. The molecular weight excluding hydrogens is 302 g/mol. The van der Waals surface area contributed by atoms with Gasteiger partial charge in [0.05, 0.1) is 6.10 Å². The fourth-order valence-electron chi connectivity index (χ4n) is 2.23. The highest BCUT2D eigenvalue weighted by molar-refractivity contribution is 9.10. The van der Waals surface area contributed by atoms with Crippen molar-refractivity contribution in [2.75, 3.05) is 11.9 Å². The number of aryl methyl sites for hydroxylation is 1. The number of benzene rings is 2. The Kier molecular flexibility index (Phi) is 4.27. The topological polar surface area (TPSA) is 23.5 Å². The molecule has 1 unspecified atom stereocenters. The van der Waals surface area contributed by atoms with E-state index in [1.165, 1.54) is 5.56 Å². The van der Waals surface area contributed by atoms with Crippen LogP contribution in [0.15, 0.2) is 46.9 Å². The van der Waals surface area contributed by atoms with Crippen LogP contribution < -0.4 is 4.90 Å². The van der Waals surface area contributed by atoms with Crippen molar-refractivity contribution < 1.29 is 5.11 Å². The molecule has 0 bridgehead atoms. The molecule has 0 aliphatic carbocycles. The van der Waals surface area contributed by atoms with Gasteiger partial charge in [-0.15, -0.1) is 0 Å². The zero-order valence-electron chi connectivity index (χ0n) is 11.4. The van der Waals surface area contributed by atoms with Crippen LogP contribution in [-0.4, -0.2) is 12.2 Å². The van der Waals surface area contributed by atoms with Gasteiger partial charge in [-0.3, -0.25) is 0 Å². The van der Waals surface area contributed by atoms with Crippen LogP contribution in [-0.2, 0) is 0 Å². The van der Waals surface area contributed by atoms with E-state index >= 15 is 0 Å². The summed E-state index contributed by atoms with van der Waals surface area (Å²) in [5.41, 5.74) is 4.30. The summed E-state index contributed by atoms with van der Waals surface area (Å²) in [6, 6.07) is 14.2. The first-order valence-electron chi connectivity index (χ1n) is 6.27. The molecule has 0 heterocycles. The number of aliphatic hydroxyl groups excluding tert-OH is 1. The average molecular weight is 320 g/mol. The first-order valence-corrected chi connectivity index (χ1v) is 7.07. The fraction of sp³-hybridized carbons (Fsp3) is 0.250. The van der Waals surface area contributed by atoms with Crippen molar-refractivity contribution in [3.8, 4) is 0 Å². The van der Waals surface area contributed by atoms with Crippen molar-refractivity contribution >= 4 is 27.3 Å². The molecule has 0 saturated carbocycles. The monoisotopic (exact) mass is 319 g/mol. The lowest BCUT2D eigenvalue weighted by atomic mass is 10.1. The van der Waals surface area contributed by atoms with Gasteiger partial charge in [-0.25, -0.2) is 0 Å². The van der Waals surface area contributed by atoms with Crippen molar-refractivity contribution in [2.24, 2.45) is 0 Å². The SMILES string of the molecule is Cc1ccccc1N(C)c1ccc(Br)cc1C(C)O. The predicted octanol–water partition coefficient (Wildman–Crippen LogP) is 4.58. The van der Waals surface area contributed by atoms with Crippen LogP contribution in [0, 0.1) is 6.92 Å². The molecule has 0 aliphatic heterocycles. The smallest absolute Gasteiger partial charge is 0.0782 e. The number of para-hydroxylation sites is 1. The number of anilines is 2. The van der Waals surface area contributed by atoms with Gasteiger partial charge in [-0.1, -0.05) is 34.1 Å². The Morgan fingerprint density at radius 2 is 1.79 bits per heavy atom. The molecule has 2 aromatic rings. The highest BCUT2D eigenvalue weighted by Gasteiger charge is 2.14. The third kappa shape index (κ3) is 2.99. The predicted molar refractivity (Wildman–Crippen MR) is 84.0 cm³/mol. The summed E-state index contributed by atoms with van der Waals surface area (Å²) in [7, 11) is 2.03. The van der Waals surface area contributed by atoms with Crippen LogP contribution in [0.1, 0.15) is 24.2 Å². The van der Waals surface area contributed by atoms with Crippen molar-refractivity contribution in [1.29, 1.82) is 0 Å². The van der Waals surface area contributed by atoms with Gasteiger partial charge < -0.3 is 10.0 Å². The minimum atomic E-state index is -0.501. The molecule has 2 nitrogen and oxygen atoms in total. The molecule has 0 amide bonds. The van der Waals surface area contributed by atoms with E-state index < -0.39 is 6.10 Å². The number of hydrogen-bond acceptors (Lipinski definition) is 2. The van der Waals surface area contributed by atoms with Gasteiger partial charge in [0.15, 0.2) is 0 Å². The molecule has 1 atom stereocenters. The van der Waals surface area contributed by atoms with Gasteiger partial charge in [-0.05, 0) is 43.7 Å². The molecule has 3 heteroatoms. The van der Waals surface area contributed by atoms with Gasteiger partial charge >= 0.3 is 0 Å². The van der Waals surface area contributed by atoms with Gasteiger partial charge in [0, 0.05) is 28.5 Å². The van der Waals surface area contributed by atoms with Crippen LogP contribution in [0.3, 0.4) is 0 Å². The molecule has 19 heavy (non-hydrogen) atoms. The summed E-state index contributed by atoms with van der Waals surface area (Å²) >= 11 is 3.45. The maximum Gasteiger partial charge on any atom is 0.0782 e. The Morgan fingerprint density at radius 1 is 1.11 bits per heavy atom. The summed E-state index contributed by atoms with van der Waals surface area (Å²) in [4.78, 5) is 2.11. The quantitative estimate of drug-likeness (QED) is 0.895. The lowest BCUT2D eigenvalue weighted by molar-refractivity contribution is 0.199. The summed E-state index contributed by atoms with van der Waals surface area (Å²) in [6.07, 6.45) is -0.501. The first-order chi connectivity index (χ1) is 9.00. The van der Waals surface area contributed by atoms with E-state index in [1.54, 1.807) is 6.92 Å². The first kappa shape index (κ1) is 14.1. The van der Waals surface area contributed by atoms with E-state index in [-0.39, 0.29) is 0 Å². The largest absolute Gasteiger partial charge is 0.389 e. The molecule has 1 N–H and O–H groups in total. The molecular formula is C16H18BrNO.